The quantitative estimate of drug-likeness (QED) is 0.646. The second-order valence-electron chi connectivity index (χ2n) is 3.28. The molecule has 0 aliphatic carbocycles. The highest BCUT2D eigenvalue weighted by Gasteiger charge is 2.05. The van der Waals surface area contributed by atoms with E-state index in [1.54, 1.807) is 12.4 Å². The second kappa shape index (κ2) is 3.20. The summed E-state index contributed by atoms with van der Waals surface area (Å²) in [4.78, 5) is 11.3. The molecule has 3 aromatic rings. The van der Waals surface area contributed by atoms with Crippen LogP contribution in [0.25, 0.3) is 22.2 Å². The molecule has 0 aliphatic rings. The number of nitrogens with one attached hydrogen (secondary N) is 1. The van der Waals surface area contributed by atoms with Gasteiger partial charge in [0.2, 0.25) is 0 Å². The van der Waals surface area contributed by atoms with Crippen LogP contribution in [0.2, 0.25) is 0 Å². The fourth-order valence-electron chi connectivity index (χ4n) is 1.67. The number of hydrogen-bond donors (Lipinski definition) is 1. The zero-order valence-corrected chi connectivity index (χ0v) is 7.94. The fourth-order valence-corrected chi connectivity index (χ4v) is 1.67. The second-order valence-corrected chi connectivity index (χ2v) is 3.28. The number of fused-ring (bicyclic) bond motifs is 1. The van der Waals surface area contributed by atoms with E-state index in [1.165, 1.54) is 5.39 Å². The van der Waals surface area contributed by atoms with Gasteiger partial charge in [0.25, 0.3) is 0 Å². The van der Waals surface area contributed by atoms with Gasteiger partial charge in [-0.2, -0.15) is 0 Å². The van der Waals surface area contributed by atoms with Gasteiger partial charge in [-0.3, -0.25) is 4.98 Å². The highest BCUT2D eigenvalue weighted by atomic mass is 14.9. The predicted octanol–water partition coefficient (Wildman–Crippen LogP) is 2.43. The first-order chi connectivity index (χ1) is 7.45. The monoisotopic (exact) mass is 194 g/mol. The molecule has 0 unspecified atom stereocenters. The molecule has 0 spiro atoms. The predicted molar refractivity (Wildman–Crippen MR) is 58.2 cm³/mol. The molecule has 2 aromatic heterocycles. The lowest BCUT2D eigenvalue weighted by Gasteiger charge is -2.01. The number of H-pyrrole nitrogens is 1. The van der Waals surface area contributed by atoms with Crippen molar-refractivity contribution in [2.75, 3.05) is 0 Å². The number of pyridine rings is 1. The first kappa shape index (κ1) is 8.17. The summed E-state index contributed by atoms with van der Waals surface area (Å²) in [5, 5.41) is 2.28. The molecule has 0 saturated heterocycles. The molecular formula is C12H8N3. The summed E-state index contributed by atoms with van der Waals surface area (Å²) in [6.45, 7) is 0. The molecule has 15 heavy (non-hydrogen) atoms. The Hall–Kier alpha value is -2.16. The van der Waals surface area contributed by atoms with E-state index >= 15 is 0 Å². The lowest BCUT2D eigenvalue weighted by atomic mass is 10.1. The van der Waals surface area contributed by atoms with E-state index in [1.807, 2.05) is 24.3 Å². The van der Waals surface area contributed by atoms with Crippen molar-refractivity contribution in [2.45, 2.75) is 0 Å². The molecule has 0 saturated carbocycles. The Bertz CT molecular complexity index is 579. The Balaban J connectivity index is 2.36. The SMILES string of the molecule is [c]1nc(-c2nccc3ccccc23)c[nH]1. The van der Waals surface area contributed by atoms with Gasteiger partial charge in [-0.05, 0) is 11.5 Å². The van der Waals surface area contributed by atoms with Gasteiger partial charge in [0.1, 0.15) is 5.69 Å². The summed E-state index contributed by atoms with van der Waals surface area (Å²) >= 11 is 0. The van der Waals surface area contributed by atoms with Crippen molar-refractivity contribution in [1.29, 1.82) is 0 Å². The molecule has 0 aliphatic heterocycles. The maximum absolute atomic E-state index is 4.35. The topological polar surface area (TPSA) is 41.6 Å². The van der Waals surface area contributed by atoms with Crippen LogP contribution in [-0.2, 0) is 0 Å². The van der Waals surface area contributed by atoms with E-state index in [0.717, 1.165) is 16.8 Å². The van der Waals surface area contributed by atoms with E-state index in [4.69, 9.17) is 0 Å². The van der Waals surface area contributed by atoms with E-state index in [2.05, 4.69) is 27.3 Å². The third-order valence-corrected chi connectivity index (χ3v) is 2.37. The summed E-state index contributed by atoms with van der Waals surface area (Å²) in [5.74, 6) is 0. The summed E-state index contributed by atoms with van der Waals surface area (Å²) in [6, 6.07) is 10.1. The molecule has 1 N–H and O–H groups in total. The van der Waals surface area contributed by atoms with Crippen molar-refractivity contribution in [3.63, 3.8) is 0 Å². The molecular weight excluding hydrogens is 186 g/mol. The average molecular weight is 194 g/mol. The molecule has 1 aromatic carbocycles. The van der Waals surface area contributed by atoms with Crippen LogP contribution in [-0.4, -0.2) is 15.0 Å². The van der Waals surface area contributed by atoms with Crippen molar-refractivity contribution >= 4 is 10.8 Å². The minimum atomic E-state index is 0.826. The van der Waals surface area contributed by atoms with Gasteiger partial charge in [0.15, 0.2) is 6.33 Å². The average Bonchev–Trinajstić information content (AvgIpc) is 2.82. The van der Waals surface area contributed by atoms with E-state index in [0.29, 0.717) is 0 Å². The van der Waals surface area contributed by atoms with Crippen LogP contribution in [0.15, 0.2) is 42.7 Å². The van der Waals surface area contributed by atoms with Gasteiger partial charge < -0.3 is 4.98 Å². The first-order valence-electron chi connectivity index (χ1n) is 4.71. The molecule has 0 fully saturated rings. The molecule has 3 rings (SSSR count). The van der Waals surface area contributed by atoms with Crippen LogP contribution < -0.4 is 0 Å². The zero-order chi connectivity index (χ0) is 10.1. The van der Waals surface area contributed by atoms with Crippen molar-refractivity contribution in [3.8, 4) is 11.4 Å². The van der Waals surface area contributed by atoms with Gasteiger partial charge in [-0.15, -0.1) is 0 Å². The van der Waals surface area contributed by atoms with Gasteiger partial charge >= 0.3 is 0 Å². The molecule has 3 heteroatoms. The van der Waals surface area contributed by atoms with Crippen molar-refractivity contribution in [1.82, 2.24) is 15.0 Å². The Morgan fingerprint density at radius 3 is 2.93 bits per heavy atom. The third kappa shape index (κ3) is 1.29. The van der Waals surface area contributed by atoms with E-state index in [-0.39, 0.29) is 0 Å². The minimum absolute atomic E-state index is 0.826. The van der Waals surface area contributed by atoms with E-state index < -0.39 is 0 Å². The number of imidazole rings is 1. The van der Waals surface area contributed by atoms with Crippen LogP contribution in [0.4, 0.5) is 0 Å². The standard InChI is InChI=1S/C12H8N3/c1-2-4-10-9(3-1)5-6-14-12(10)11-7-13-8-15-11/h1-7H,(H,13,15). The number of nitrogens with zero attached hydrogens (tertiary/aromatic N) is 2. The lowest BCUT2D eigenvalue weighted by molar-refractivity contribution is 1.27. The molecule has 2 heterocycles. The van der Waals surface area contributed by atoms with Crippen LogP contribution in [0.5, 0.6) is 0 Å². The number of hydrogen-bond acceptors (Lipinski definition) is 2. The van der Waals surface area contributed by atoms with Gasteiger partial charge in [0.05, 0.1) is 5.69 Å². The third-order valence-electron chi connectivity index (χ3n) is 2.37. The Kier molecular flexibility index (Phi) is 1.75. The number of benzene rings is 1. The van der Waals surface area contributed by atoms with Crippen LogP contribution in [0.1, 0.15) is 0 Å². The first-order valence-corrected chi connectivity index (χ1v) is 4.71. The molecule has 0 bridgehead atoms. The Morgan fingerprint density at radius 1 is 1.13 bits per heavy atom. The summed E-state index contributed by atoms with van der Waals surface area (Å²) in [6.07, 6.45) is 6.28. The fraction of sp³-hybridized carbons (Fsp3) is 0. The Labute approximate surface area is 86.8 Å². The number of aromatic nitrogens is 3. The molecule has 71 valence electrons. The van der Waals surface area contributed by atoms with E-state index in [9.17, 15) is 0 Å². The van der Waals surface area contributed by atoms with Crippen molar-refractivity contribution in [3.05, 3.63) is 49.1 Å². The highest BCUT2D eigenvalue weighted by Crippen LogP contribution is 2.23. The number of rotatable bonds is 1. The van der Waals surface area contributed by atoms with Gasteiger partial charge in [-0.25, -0.2) is 4.98 Å². The molecule has 3 nitrogen and oxygen atoms in total. The largest absolute Gasteiger partial charge is 0.341 e. The molecule has 0 atom stereocenters. The normalized spacial score (nSPS) is 10.7. The minimum Gasteiger partial charge on any atom is -0.341 e. The van der Waals surface area contributed by atoms with Crippen molar-refractivity contribution in [2.24, 2.45) is 0 Å². The maximum Gasteiger partial charge on any atom is 0.174 e. The van der Waals surface area contributed by atoms with Crippen molar-refractivity contribution < 1.29 is 0 Å². The summed E-state index contributed by atoms with van der Waals surface area (Å²) < 4.78 is 0. The smallest absolute Gasteiger partial charge is 0.174 e. The number of aromatic amines is 1. The molecule has 1 radical (unpaired) electrons. The summed E-state index contributed by atoms with van der Waals surface area (Å²) in [5.41, 5.74) is 1.72. The zero-order valence-electron chi connectivity index (χ0n) is 7.94. The van der Waals surface area contributed by atoms with Gasteiger partial charge in [-0.1, -0.05) is 24.3 Å². The van der Waals surface area contributed by atoms with Crippen LogP contribution >= 0.6 is 0 Å². The summed E-state index contributed by atoms with van der Waals surface area (Å²) in [7, 11) is 0. The lowest BCUT2D eigenvalue weighted by Crippen LogP contribution is -1.85. The van der Waals surface area contributed by atoms with Gasteiger partial charge in [0, 0.05) is 17.8 Å². The van der Waals surface area contributed by atoms with Crippen LogP contribution in [0, 0.1) is 6.33 Å². The maximum atomic E-state index is 4.35. The Morgan fingerprint density at radius 2 is 2.07 bits per heavy atom. The highest BCUT2D eigenvalue weighted by molar-refractivity contribution is 5.93. The molecule has 0 amide bonds. The van der Waals surface area contributed by atoms with Crippen LogP contribution in [0.3, 0.4) is 0 Å².